The Hall–Kier alpha value is -1.24. The highest BCUT2D eigenvalue weighted by molar-refractivity contribution is 9.10. The number of nitrogens with zero attached hydrogens (tertiary/aromatic N) is 1. The van der Waals surface area contributed by atoms with Crippen molar-refractivity contribution in [3.05, 3.63) is 28.7 Å². The molecule has 0 unspecified atom stereocenters. The molecule has 3 nitrogen and oxygen atoms in total. The highest BCUT2D eigenvalue weighted by Crippen LogP contribution is 2.25. The fourth-order valence-electron chi connectivity index (χ4n) is 1.56. The quantitative estimate of drug-likeness (QED) is 0.837. The molecule has 1 heterocycles. The molecule has 1 aromatic carbocycles. The van der Waals surface area contributed by atoms with Crippen molar-refractivity contribution in [2.45, 2.75) is 12.3 Å². The molecule has 98 valence electrons. The van der Waals surface area contributed by atoms with Crippen LogP contribution in [0.15, 0.2) is 28.7 Å². The zero-order valence-corrected chi connectivity index (χ0v) is 10.7. The fourth-order valence-corrected chi connectivity index (χ4v) is 1.83. The highest BCUT2D eigenvalue weighted by atomic mass is 79.9. The Morgan fingerprint density at radius 3 is 2.33 bits per heavy atom. The summed E-state index contributed by atoms with van der Waals surface area (Å²) in [6, 6.07) is 6.95. The smallest absolute Gasteiger partial charge is 0.471 e. The summed E-state index contributed by atoms with van der Waals surface area (Å²) in [6.07, 6.45) is -5.18. The normalized spacial score (nSPS) is 16.3. The molecular formula is C11H9BrF3NO2. The third kappa shape index (κ3) is 2.95. The zero-order valence-electron chi connectivity index (χ0n) is 9.08. The van der Waals surface area contributed by atoms with Crippen molar-refractivity contribution in [3.63, 3.8) is 0 Å². The van der Waals surface area contributed by atoms with Gasteiger partial charge >= 0.3 is 12.1 Å². The van der Waals surface area contributed by atoms with Gasteiger partial charge in [0.15, 0.2) is 0 Å². The Balaban J connectivity index is 1.83. The van der Waals surface area contributed by atoms with Gasteiger partial charge < -0.3 is 9.64 Å². The molecule has 0 aliphatic carbocycles. The van der Waals surface area contributed by atoms with E-state index in [0.717, 1.165) is 9.37 Å². The largest absolute Gasteiger partial charge is 0.487 e. The van der Waals surface area contributed by atoms with Crippen LogP contribution >= 0.6 is 15.9 Å². The predicted molar refractivity (Wildman–Crippen MR) is 61.2 cm³/mol. The van der Waals surface area contributed by atoms with Gasteiger partial charge in [0.05, 0.1) is 13.1 Å². The van der Waals surface area contributed by atoms with Crippen molar-refractivity contribution >= 4 is 21.8 Å². The van der Waals surface area contributed by atoms with Crippen LogP contribution in [0.5, 0.6) is 5.75 Å². The Bertz CT molecular complexity index is 441. The van der Waals surface area contributed by atoms with Crippen molar-refractivity contribution in [3.8, 4) is 5.75 Å². The molecule has 1 aromatic rings. The van der Waals surface area contributed by atoms with Crippen LogP contribution in [-0.2, 0) is 4.79 Å². The van der Waals surface area contributed by atoms with Gasteiger partial charge in [0.2, 0.25) is 0 Å². The second-order valence-corrected chi connectivity index (χ2v) is 4.82. The summed E-state index contributed by atoms with van der Waals surface area (Å²) in [5.74, 6) is -1.24. The van der Waals surface area contributed by atoms with Gasteiger partial charge in [0.25, 0.3) is 0 Å². The van der Waals surface area contributed by atoms with Crippen LogP contribution in [0.2, 0.25) is 0 Å². The van der Waals surface area contributed by atoms with Crippen LogP contribution in [0.1, 0.15) is 0 Å². The molecule has 18 heavy (non-hydrogen) atoms. The maximum Gasteiger partial charge on any atom is 0.471 e. The van der Waals surface area contributed by atoms with E-state index in [0.29, 0.717) is 5.75 Å². The van der Waals surface area contributed by atoms with E-state index in [1.54, 1.807) is 24.3 Å². The van der Waals surface area contributed by atoms with E-state index < -0.39 is 12.1 Å². The maximum absolute atomic E-state index is 12.1. The van der Waals surface area contributed by atoms with Gasteiger partial charge in [-0.1, -0.05) is 15.9 Å². The molecule has 0 bridgehead atoms. The summed E-state index contributed by atoms with van der Waals surface area (Å²) >= 11 is 3.26. The maximum atomic E-state index is 12.1. The minimum absolute atomic E-state index is 0.0333. The number of carbonyl (C=O) groups excluding carboxylic acids is 1. The SMILES string of the molecule is O=C(N1CC(Oc2ccc(Br)cc2)C1)C(F)(F)F. The van der Waals surface area contributed by atoms with E-state index >= 15 is 0 Å². The molecule has 1 aliphatic heterocycles. The Kier molecular flexibility index (Phi) is 3.52. The number of amides is 1. The lowest BCUT2D eigenvalue weighted by Gasteiger charge is -2.39. The molecule has 7 heteroatoms. The minimum Gasteiger partial charge on any atom is -0.487 e. The van der Waals surface area contributed by atoms with E-state index in [-0.39, 0.29) is 19.2 Å². The Morgan fingerprint density at radius 1 is 1.28 bits per heavy atom. The predicted octanol–water partition coefficient (Wildman–Crippen LogP) is 2.60. The van der Waals surface area contributed by atoms with E-state index in [4.69, 9.17) is 4.74 Å². The molecule has 1 fully saturated rings. The second kappa shape index (κ2) is 4.79. The van der Waals surface area contributed by atoms with Crippen LogP contribution in [0.3, 0.4) is 0 Å². The number of rotatable bonds is 2. The summed E-state index contributed by atoms with van der Waals surface area (Å²) in [7, 11) is 0. The highest BCUT2D eigenvalue weighted by Gasteiger charge is 2.47. The Labute approximate surface area is 110 Å². The molecule has 1 aliphatic rings. The third-order valence-electron chi connectivity index (χ3n) is 2.49. The van der Waals surface area contributed by atoms with Gasteiger partial charge in [-0.25, -0.2) is 0 Å². The first kappa shape index (κ1) is 13.2. The van der Waals surface area contributed by atoms with Crippen LogP contribution in [0.4, 0.5) is 13.2 Å². The lowest BCUT2D eigenvalue weighted by Crippen LogP contribution is -2.59. The molecule has 0 saturated carbocycles. The molecule has 0 radical (unpaired) electrons. The molecule has 0 N–H and O–H groups in total. The summed E-state index contributed by atoms with van der Waals surface area (Å²) in [5.41, 5.74) is 0. The summed E-state index contributed by atoms with van der Waals surface area (Å²) in [4.78, 5) is 11.6. The second-order valence-electron chi connectivity index (χ2n) is 3.90. The average Bonchev–Trinajstić information content (AvgIpc) is 2.23. The van der Waals surface area contributed by atoms with E-state index in [2.05, 4.69) is 15.9 Å². The molecule has 1 saturated heterocycles. The van der Waals surface area contributed by atoms with Crippen molar-refractivity contribution in [2.75, 3.05) is 13.1 Å². The topological polar surface area (TPSA) is 29.5 Å². The lowest BCUT2D eigenvalue weighted by atomic mass is 10.1. The van der Waals surface area contributed by atoms with Gasteiger partial charge in [-0.3, -0.25) is 4.79 Å². The van der Waals surface area contributed by atoms with Gasteiger partial charge in [-0.15, -0.1) is 0 Å². The summed E-state index contributed by atoms with van der Waals surface area (Å²) in [5, 5.41) is 0. The van der Waals surface area contributed by atoms with Gasteiger partial charge in [-0.2, -0.15) is 13.2 Å². The van der Waals surface area contributed by atoms with E-state index in [1.807, 2.05) is 0 Å². The molecule has 0 atom stereocenters. The van der Waals surface area contributed by atoms with Crippen LogP contribution in [0.25, 0.3) is 0 Å². The fraction of sp³-hybridized carbons (Fsp3) is 0.364. The Morgan fingerprint density at radius 2 is 1.83 bits per heavy atom. The van der Waals surface area contributed by atoms with Crippen molar-refractivity contribution in [2.24, 2.45) is 0 Å². The first-order valence-corrected chi connectivity index (χ1v) is 5.94. The van der Waals surface area contributed by atoms with Crippen LogP contribution < -0.4 is 4.74 Å². The van der Waals surface area contributed by atoms with Crippen LogP contribution in [0, 0.1) is 0 Å². The lowest BCUT2D eigenvalue weighted by molar-refractivity contribution is -0.193. The number of ether oxygens (including phenoxy) is 1. The van der Waals surface area contributed by atoms with Gasteiger partial charge in [0.1, 0.15) is 11.9 Å². The van der Waals surface area contributed by atoms with E-state index in [9.17, 15) is 18.0 Å². The third-order valence-corrected chi connectivity index (χ3v) is 3.02. The van der Waals surface area contributed by atoms with E-state index in [1.165, 1.54) is 0 Å². The molecule has 0 aromatic heterocycles. The number of carbonyl (C=O) groups is 1. The van der Waals surface area contributed by atoms with Gasteiger partial charge in [0, 0.05) is 4.47 Å². The number of hydrogen-bond donors (Lipinski definition) is 0. The monoisotopic (exact) mass is 323 g/mol. The van der Waals surface area contributed by atoms with Crippen molar-refractivity contribution in [1.82, 2.24) is 4.90 Å². The number of halogens is 4. The number of likely N-dealkylation sites (tertiary alicyclic amines) is 1. The summed E-state index contributed by atoms with van der Waals surface area (Å²) < 4.78 is 42.5. The first-order chi connectivity index (χ1) is 8.36. The molecule has 2 rings (SSSR count). The standard InChI is InChI=1S/C11H9BrF3NO2/c12-7-1-3-8(4-2-7)18-9-5-16(6-9)10(17)11(13,14)15/h1-4,9H,5-6H2. The van der Waals surface area contributed by atoms with Gasteiger partial charge in [-0.05, 0) is 24.3 Å². The van der Waals surface area contributed by atoms with Crippen molar-refractivity contribution in [1.29, 1.82) is 0 Å². The number of benzene rings is 1. The average molecular weight is 324 g/mol. The van der Waals surface area contributed by atoms with Crippen LogP contribution in [-0.4, -0.2) is 36.2 Å². The molecular weight excluding hydrogens is 315 g/mol. The minimum atomic E-state index is -4.80. The number of hydrogen-bond acceptors (Lipinski definition) is 2. The van der Waals surface area contributed by atoms with Crippen molar-refractivity contribution < 1.29 is 22.7 Å². The first-order valence-electron chi connectivity index (χ1n) is 5.14. The summed E-state index contributed by atoms with van der Waals surface area (Å²) in [6.45, 7) is -0.0667. The molecule has 1 amide bonds. The number of alkyl halides is 3. The zero-order chi connectivity index (χ0) is 13.3. The molecule has 0 spiro atoms.